The van der Waals surface area contributed by atoms with Crippen molar-refractivity contribution in [1.29, 1.82) is 0 Å². The van der Waals surface area contributed by atoms with Crippen molar-refractivity contribution in [2.24, 2.45) is 16.1 Å². The van der Waals surface area contributed by atoms with Crippen molar-refractivity contribution in [3.63, 3.8) is 0 Å². The molecule has 9 nitrogen and oxygen atoms in total. The van der Waals surface area contributed by atoms with Crippen molar-refractivity contribution >= 4 is 19.3 Å². The topological polar surface area (TPSA) is 115 Å². The molecule has 0 bridgehead atoms. The minimum Gasteiger partial charge on any atom is -0.462 e. The lowest BCUT2D eigenvalue weighted by Gasteiger charge is -2.32. The molecule has 176 valence electrons. The molecule has 0 aromatic rings. The van der Waals surface area contributed by atoms with Crippen molar-refractivity contribution in [1.82, 2.24) is 9.99 Å². The van der Waals surface area contributed by atoms with Gasteiger partial charge in [-0.3, -0.25) is 9.36 Å². The third kappa shape index (κ3) is 5.94. The number of hydrogen-bond donors (Lipinski definition) is 2. The summed E-state index contributed by atoms with van der Waals surface area (Å²) in [5, 5.41) is 2.67. The lowest BCUT2D eigenvalue weighted by atomic mass is 9.79. The highest BCUT2D eigenvalue weighted by atomic mass is 31.2. The van der Waals surface area contributed by atoms with E-state index in [4.69, 9.17) is 19.7 Å². The van der Waals surface area contributed by atoms with Crippen LogP contribution in [0.4, 0.5) is 4.39 Å². The highest BCUT2D eigenvalue weighted by Crippen LogP contribution is 2.48. The molecular formula is C20H34FN4O5P. The smallest absolute Gasteiger partial charge is 0.323 e. The Kier molecular flexibility index (Phi) is 8.08. The number of nitrogens with two attached hydrogens (primary N) is 1. The van der Waals surface area contributed by atoms with Gasteiger partial charge in [-0.15, -0.1) is 0 Å². The van der Waals surface area contributed by atoms with Crippen LogP contribution in [0, 0.1) is 5.41 Å². The van der Waals surface area contributed by atoms with Gasteiger partial charge < -0.3 is 24.6 Å². The predicted molar refractivity (Wildman–Crippen MR) is 117 cm³/mol. The fraction of sp³-hybridized carbons (Fsp3) is 0.700. The Bertz CT molecular complexity index is 804. The molecule has 1 saturated heterocycles. The van der Waals surface area contributed by atoms with Crippen LogP contribution < -0.4 is 10.8 Å². The summed E-state index contributed by atoms with van der Waals surface area (Å²) >= 11 is 0. The van der Waals surface area contributed by atoms with Crippen LogP contribution in [0.25, 0.3) is 0 Å². The summed E-state index contributed by atoms with van der Waals surface area (Å²) in [6.45, 7) is 13.7. The van der Waals surface area contributed by atoms with Crippen LogP contribution in [0.2, 0.25) is 0 Å². The van der Waals surface area contributed by atoms with Gasteiger partial charge in [-0.1, -0.05) is 20.4 Å². The fourth-order valence-electron chi connectivity index (χ4n) is 3.46. The van der Waals surface area contributed by atoms with Crippen LogP contribution in [-0.4, -0.2) is 60.6 Å². The third-order valence-electron chi connectivity index (χ3n) is 5.52. The maximum Gasteiger partial charge on any atom is 0.323 e. The predicted octanol–water partition coefficient (Wildman–Crippen LogP) is 2.89. The molecule has 0 spiro atoms. The molecule has 3 N–H and O–H groups in total. The number of amidine groups is 1. The number of ether oxygens (including phenoxy) is 2. The van der Waals surface area contributed by atoms with Gasteiger partial charge in [-0.05, 0) is 33.3 Å². The second-order valence-electron chi connectivity index (χ2n) is 8.43. The van der Waals surface area contributed by atoms with Crippen molar-refractivity contribution in [3.8, 4) is 0 Å². The maximum atomic E-state index is 15.5. The van der Waals surface area contributed by atoms with E-state index in [0.717, 1.165) is 0 Å². The summed E-state index contributed by atoms with van der Waals surface area (Å²) in [4.78, 5) is 17.5. The van der Waals surface area contributed by atoms with E-state index in [0.29, 0.717) is 6.42 Å². The number of carbonyl (C=O) groups is 1. The molecule has 0 radical (unpaired) electrons. The summed E-state index contributed by atoms with van der Waals surface area (Å²) < 4.78 is 45.0. The van der Waals surface area contributed by atoms with Crippen LogP contribution in [-0.2, 0) is 23.4 Å². The zero-order valence-electron chi connectivity index (χ0n) is 19.0. The molecule has 2 aliphatic rings. The third-order valence-corrected chi connectivity index (χ3v) is 7.02. The molecule has 0 aromatic carbocycles. The molecular weight excluding hydrogens is 426 g/mol. The quantitative estimate of drug-likeness (QED) is 0.399. The van der Waals surface area contributed by atoms with Gasteiger partial charge in [0.2, 0.25) is 0 Å². The number of rotatable bonds is 9. The minimum atomic E-state index is -3.39. The van der Waals surface area contributed by atoms with E-state index in [-0.39, 0.29) is 24.4 Å². The monoisotopic (exact) mass is 460 g/mol. The number of carbonyl (C=O) groups excluding carboxylic acids is 1. The molecule has 11 heteroatoms. The van der Waals surface area contributed by atoms with E-state index in [9.17, 15) is 9.36 Å². The first-order valence-electron chi connectivity index (χ1n) is 10.3. The van der Waals surface area contributed by atoms with Gasteiger partial charge >= 0.3 is 5.97 Å². The minimum absolute atomic E-state index is 0.122. The van der Waals surface area contributed by atoms with Gasteiger partial charge in [0.15, 0.2) is 12.4 Å². The van der Waals surface area contributed by atoms with E-state index in [1.54, 1.807) is 40.0 Å². The van der Waals surface area contributed by atoms with E-state index >= 15 is 4.39 Å². The summed E-state index contributed by atoms with van der Waals surface area (Å²) in [6, 6.07) is -0.827. The molecule has 1 fully saturated rings. The van der Waals surface area contributed by atoms with Gasteiger partial charge in [0.25, 0.3) is 7.52 Å². The number of nitrogens with one attached hydrogen (secondary N) is 1. The highest BCUT2D eigenvalue weighted by Gasteiger charge is 2.55. The number of alkyl halides is 1. The zero-order valence-corrected chi connectivity index (χ0v) is 19.9. The van der Waals surface area contributed by atoms with Crippen LogP contribution >= 0.6 is 7.52 Å². The lowest BCUT2D eigenvalue weighted by Crippen LogP contribution is -2.42. The normalized spacial score (nSPS) is 31.5. The Morgan fingerprint density at radius 3 is 2.71 bits per heavy atom. The molecule has 2 aliphatic heterocycles. The van der Waals surface area contributed by atoms with Gasteiger partial charge in [-0.25, -0.2) is 14.5 Å². The number of halogens is 1. The van der Waals surface area contributed by atoms with E-state index in [1.165, 1.54) is 11.6 Å². The standard InChI is InChI=1S/C20H34FN4O5P/c1-8-20(6)15(11-28-31(7,27)24-13(4)19(26)29-12(2)3)30-18(17(20)21)25-10-9-16(22)23-14(25)5/h9-10,12-13,15,17-18H,5,8,11H2,1-4,6-7H3,(H2,22,23)(H,24,27)/t13-,15+,17-,18+,20?,31?/m0/s1. The van der Waals surface area contributed by atoms with E-state index in [2.05, 4.69) is 16.7 Å². The Hall–Kier alpha value is -1.74. The number of esters is 1. The number of hydrogen-bond acceptors (Lipinski definition) is 8. The first-order valence-corrected chi connectivity index (χ1v) is 12.4. The maximum absolute atomic E-state index is 15.5. The first-order chi connectivity index (χ1) is 14.3. The van der Waals surface area contributed by atoms with Gasteiger partial charge in [0, 0.05) is 18.3 Å². The molecule has 6 atom stereocenters. The average Bonchev–Trinajstić information content (AvgIpc) is 2.91. The fourth-order valence-corrected chi connectivity index (χ4v) is 4.76. The van der Waals surface area contributed by atoms with Crippen molar-refractivity contribution in [2.45, 2.75) is 71.7 Å². The molecule has 2 rings (SSSR count). The molecule has 31 heavy (non-hydrogen) atoms. The van der Waals surface area contributed by atoms with Crippen molar-refractivity contribution < 1.29 is 27.7 Å². The first kappa shape index (κ1) is 25.5. The van der Waals surface area contributed by atoms with E-state index in [1.807, 2.05) is 6.92 Å². The summed E-state index contributed by atoms with van der Waals surface area (Å²) in [7, 11) is -3.39. The molecule has 0 aliphatic carbocycles. The molecule has 2 heterocycles. The molecule has 2 unspecified atom stereocenters. The second kappa shape index (κ2) is 9.81. The highest BCUT2D eigenvalue weighted by molar-refractivity contribution is 7.56. The van der Waals surface area contributed by atoms with Crippen LogP contribution in [0.5, 0.6) is 0 Å². The Balaban J connectivity index is 2.06. The van der Waals surface area contributed by atoms with E-state index < -0.39 is 43.4 Å². The number of aliphatic imine (C=N–C) groups is 1. The Morgan fingerprint density at radius 2 is 2.16 bits per heavy atom. The molecule has 0 amide bonds. The summed E-state index contributed by atoms with van der Waals surface area (Å²) in [5.74, 6) is 0.0131. The van der Waals surface area contributed by atoms with Crippen LogP contribution in [0.1, 0.15) is 41.0 Å². The Morgan fingerprint density at radius 1 is 1.52 bits per heavy atom. The average molecular weight is 460 g/mol. The van der Waals surface area contributed by atoms with Gasteiger partial charge in [-0.2, -0.15) is 0 Å². The van der Waals surface area contributed by atoms with Crippen LogP contribution in [0.3, 0.4) is 0 Å². The van der Waals surface area contributed by atoms with Crippen LogP contribution in [0.15, 0.2) is 29.7 Å². The largest absolute Gasteiger partial charge is 0.462 e. The zero-order chi connectivity index (χ0) is 23.6. The number of nitrogens with zero attached hydrogens (tertiary/aromatic N) is 2. The molecule has 0 saturated carbocycles. The Labute approximate surface area is 183 Å². The summed E-state index contributed by atoms with van der Waals surface area (Å²) in [5.41, 5.74) is 4.77. The summed E-state index contributed by atoms with van der Waals surface area (Å²) in [6.07, 6.45) is 0.258. The van der Waals surface area contributed by atoms with Crippen molar-refractivity contribution in [2.75, 3.05) is 13.3 Å². The van der Waals surface area contributed by atoms with Gasteiger partial charge in [0.05, 0.1) is 18.8 Å². The lowest BCUT2D eigenvalue weighted by molar-refractivity contribution is -0.149. The SMILES string of the molecule is C=C1N=C(N)C=CN1[C@@H]1O[C@H](COP(C)(=O)N[C@@H](C)C(=O)OC(C)C)C(C)(CC)[C@H]1F. The van der Waals surface area contributed by atoms with Gasteiger partial charge in [0.1, 0.15) is 17.7 Å². The second-order valence-corrected chi connectivity index (χ2v) is 10.6. The van der Waals surface area contributed by atoms with Crippen molar-refractivity contribution in [3.05, 3.63) is 24.7 Å². The molecule has 0 aromatic heterocycles.